The van der Waals surface area contributed by atoms with Gasteiger partial charge < -0.3 is 11.5 Å². The van der Waals surface area contributed by atoms with Gasteiger partial charge in [-0.05, 0) is 28.1 Å². The number of hydrogen-bond acceptors (Lipinski definition) is 4. The summed E-state index contributed by atoms with van der Waals surface area (Å²) in [6.45, 7) is -0.412. The second-order valence-electron chi connectivity index (χ2n) is 3.53. The van der Waals surface area contributed by atoms with Crippen molar-refractivity contribution in [2.45, 2.75) is 4.90 Å². The zero-order valence-corrected chi connectivity index (χ0v) is 13.3. The number of sulfonamides is 1. The summed E-state index contributed by atoms with van der Waals surface area (Å²) in [5.41, 5.74) is 10.7. The molecule has 0 bridgehead atoms. The van der Waals surface area contributed by atoms with Gasteiger partial charge in [0.05, 0.1) is 12.2 Å². The Morgan fingerprint density at radius 2 is 1.94 bits per heavy atom. The Morgan fingerprint density at radius 3 is 2.39 bits per heavy atom. The number of rotatable bonds is 4. The molecular formula is C9H11Br2N3O3S. The Bertz CT molecular complexity index is 566. The van der Waals surface area contributed by atoms with Crippen LogP contribution in [0.2, 0.25) is 0 Å². The van der Waals surface area contributed by atoms with Gasteiger partial charge in [0.2, 0.25) is 15.9 Å². The van der Waals surface area contributed by atoms with Gasteiger partial charge in [0.1, 0.15) is 4.90 Å². The lowest BCUT2D eigenvalue weighted by Crippen LogP contribution is -2.35. The molecule has 0 aromatic heterocycles. The monoisotopic (exact) mass is 399 g/mol. The summed E-state index contributed by atoms with van der Waals surface area (Å²) in [6.07, 6.45) is 0. The highest BCUT2D eigenvalue weighted by molar-refractivity contribution is 9.11. The first-order valence-corrected chi connectivity index (χ1v) is 7.68. The minimum absolute atomic E-state index is 0.0765. The molecule has 1 rings (SSSR count). The fourth-order valence-electron chi connectivity index (χ4n) is 1.31. The fraction of sp³-hybridized carbons (Fsp3) is 0.222. The molecule has 4 N–H and O–H groups in total. The standard InChI is InChI=1S/C9H11Br2N3O3S/c1-14(4-8(13)15)18(16,17)9-6(11)2-5(10)3-7(9)12/h2-3H,4,12H2,1H3,(H2,13,15). The van der Waals surface area contributed by atoms with Crippen LogP contribution >= 0.6 is 31.9 Å². The molecule has 0 radical (unpaired) electrons. The van der Waals surface area contributed by atoms with Gasteiger partial charge in [-0.1, -0.05) is 15.9 Å². The number of nitrogens with zero attached hydrogens (tertiary/aromatic N) is 1. The first kappa shape index (κ1) is 15.4. The molecule has 0 saturated heterocycles. The summed E-state index contributed by atoms with van der Waals surface area (Å²) >= 11 is 6.33. The lowest BCUT2D eigenvalue weighted by molar-refractivity contribution is -0.118. The number of hydrogen-bond donors (Lipinski definition) is 2. The zero-order valence-electron chi connectivity index (χ0n) is 9.35. The maximum Gasteiger partial charge on any atom is 0.246 e. The van der Waals surface area contributed by atoms with Gasteiger partial charge in [0, 0.05) is 16.0 Å². The average Bonchev–Trinajstić information content (AvgIpc) is 2.13. The van der Waals surface area contributed by atoms with E-state index >= 15 is 0 Å². The van der Waals surface area contributed by atoms with E-state index in [4.69, 9.17) is 11.5 Å². The second kappa shape index (κ2) is 5.55. The van der Waals surface area contributed by atoms with Crippen LogP contribution in [0, 0.1) is 0 Å². The second-order valence-corrected chi connectivity index (χ2v) is 7.29. The normalized spacial score (nSPS) is 11.8. The number of nitrogen functional groups attached to an aromatic ring is 1. The summed E-state index contributed by atoms with van der Waals surface area (Å²) in [4.78, 5) is 10.7. The average molecular weight is 401 g/mol. The van der Waals surface area contributed by atoms with Crippen molar-refractivity contribution in [3.05, 3.63) is 21.1 Å². The minimum Gasteiger partial charge on any atom is -0.398 e. The van der Waals surface area contributed by atoms with Crippen molar-refractivity contribution in [1.29, 1.82) is 0 Å². The SMILES string of the molecule is CN(CC(N)=O)S(=O)(=O)c1c(N)cc(Br)cc1Br. The summed E-state index contributed by atoms with van der Waals surface area (Å²) < 4.78 is 26.2. The number of nitrogens with two attached hydrogens (primary N) is 2. The van der Waals surface area contributed by atoms with Crippen LogP contribution < -0.4 is 11.5 Å². The molecule has 0 unspecified atom stereocenters. The smallest absolute Gasteiger partial charge is 0.246 e. The Labute approximate surface area is 122 Å². The van der Waals surface area contributed by atoms with E-state index in [0.717, 1.165) is 4.31 Å². The van der Waals surface area contributed by atoms with E-state index in [2.05, 4.69) is 31.9 Å². The molecule has 0 heterocycles. The third-order valence-corrected chi connectivity index (χ3v) is 5.35. The van der Waals surface area contributed by atoms with E-state index in [1.807, 2.05) is 0 Å². The molecule has 100 valence electrons. The van der Waals surface area contributed by atoms with Crippen molar-refractivity contribution >= 4 is 53.5 Å². The van der Waals surface area contributed by atoms with Crippen LogP contribution in [0.15, 0.2) is 26.0 Å². The number of benzene rings is 1. The molecule has 0 fully saturated rings. The molecule has 0 atom stereocenters. The van der Waals surface area contributed by atoms with Gasteiger partial charge in [-0.2, -0.15) is 4.31 Å². The molecule has 18 heavy (non-hydrogen) atoms. The maximum absolute atomic E-state index is 12.2. The van der Waals surface area contributed by atoms with Gasteiger partial charge in [0.15, 0.2) is 0 Å². The lowest BCUT2D eigenvalue weighted by atomic mass is 10.3. The predicted molar refractivity (Wildman–Crippen MR) is 75.3 cm³/mol. The molecule has 0 spiro atoms. The minimum atomic E-state index is -3.87. The molecule has 0 aliphatic rings. The molecule has 0 saturated carbocycles. The third-order valence-electron chi connectivity index (χ3n) is 2.08. The van der Waals surface area contributed by atoms with E-state index in [-0.39, 0.29) is 10.6 Å². The number of likely N-dealkylation sites (N-methyl/N-ethyl adjacent to an activating group) is 1. The van der Waals surface area contributed by atoms with Gasteiger partial charge >= 0.3 is 0 Å². The van der Waals surface area contributed by atoms with Crippen molar-refractivity contribution in [2.24, 2.45) is 5.73 Å². The number of halogens is 2. The first-order chi connectivity index (χ1) is 8.16. The highest BCUT2D eigenvalue weighted by Gasteiger charge is 2.27. The van der Waals surface area contributed by atoms with Gasteiger partial charge in [0.25, 0.3) is 0 Å². The zero-order chi connectivity index (χ0) is 14.1. The molecule has 6 nitrogen and oxygen atoms in total. The quantitative estimate of drug-likeness (QED) is 0.732. The molecule has 1 aromatic rings. The van der Waals surface area contributed by atoms with Crippen LogP contribution in [-0.2, 0) is 14.8 Å². The van der Waals surface area contributed by atoms with E-state index < -0.39 is 22.5 Å². The van der Waals surface area contributed by atoms with Crippen molar-refractivity contribution in [2.75, 3.05) is 19.3 Å². The highest BCUT2D eigenvalue weighted by atomic mass is 79.9. The Hall–Kier alpha value is -0.640. The molecule has 1 amide bonds. The topological polar surface area (TPSA) is 106 Å². The predicted octanol–water partition coefficient (Wildman–Crippen LogP) is 0.900. The van der Waals surface area contributed by atoms with Crippen molar-refractivity contribution in [3.8, 4) is 0 Å². The lowest BCUT2D eigenvalue weighted by Gasteiger charge is -2.18. The number of carbonyl (C=O) groups is 1. The van der Waals surface area contributed by atoms with Gasteiger partial charge in [-0.25, -0.2) is 8.42 Å². The van der Waals surface area contributed by atoms with Crippen LogP contribution in [0.1, 0.15) is 0 Å². The number of carbonyl (C=O) groups excluding carboxylic acids is 1. The van der Waals surface area contributed by atoms with Crippen LogP contribution in [0.5, 0.6) is 0 Å². The molecule has 0 aliphatic carbocycles. The molecule has 9 heteroatoms. The van der Waals surface area contributed by atoms with E-state index in [0.29, 0.717) is 8.95 Å². The van der Waals surface area contributed by atoms with Crippen LogP contribution in [-0.4, -0.2) is 32.2 Å². The number of amides is 1. The fourth-order valence-corrected chi connectivity index (χ4v) is 4.46. The Kier molecular flexibility index (Phi) is 4.76. The van der Waals surface area contributed by atoms with E-state index in [9.17, 15) is 13.2 Å². The summed E-state index contributed by atoms with van der Waals surface area (Å²) in [5, 5.41) is 0. The van der Waals surface area contributed by atoms with Crippen molar-refractivity contribution in [1.82, 2.24) is 4.31 Å². The summed E-state index contributed by atoms with van der Waals surface area (Å²) in [5.74, 6) is -0.743. The third kappa shape index (κ3) is 3.22. The number of anilines is 1. The first-order valence-electron chi connectivity index (χ1n) is 4.65. The summed E-state index contributed by atoms with van der Waals surface area (Å²) in [6, 6.07) is 3.02. The van der Waals surface area contributed by atoms with Crippen molar-refractivity contribution in [3.63, 3.8) is 0 Å². The van der Waals surface area contributed by atoms with Gasteiger partial charge in [-0.15, -0.1) is 0 Å². The van der Waals surface area contributed by atoms with Crippen LogP contribution in [0.3, 0.4) is 0 Å². The molecule has 1 aromatic carbocycles. The Balaban J connectivity index is 3.33. The molecule has 0 aliphatic heterocycles. The van der Waals surface area contributed by atoms with Gasteiger partial charge in [-0.3, -0.25) is 4.79 Å². The van der Waals surface area contributed by atoms with E-state index in [1.165, 1.54) is 13.1 Å². The number of primary amides is 1. The largest absolute Gasteiger partial charge is 0.398 e. The Morgan fingerprint density at radius 1 is 1.39 bits per heavy atom. The van der Waals surface area contributed by atoms with Crippen LogP contribution in [0.4, 0.5) is 5.69 Å². The molecular weight excluding hydrogens is 390 g/mol. The highest BCUT2D eigenvalue weighted by Crippen LogP contribution is 2.33. The van der Waals surface area contributed by atoms with Crippen LogP contribution in [0.25, 0.3) is 0 Å². The summed E-state index contributed by atoms with van der Waals surface area (Å²) in [7, 11) is -2.61. The maximum atomic E-state index is 12.2. The van der Waals surface area contributed by atoms with Crippen molar-refractivity contribution < 1.29 is 13.2 Å². The van der Waals surface area contributed by atoms with E-state index in [1.54, 1.807) is 6.07 Å².